The van der Waals surface area contributed by atoms with Crippen molar-refractivity contribution in [1.29, 1.82) is 0 Å². The van der Waals surface area contributed by atoms with Crippen LogP contribution in [0, 0.1) is 13.8 Å². The highest BCUT2D eigenvalue weighted by Crippen LogP contribution is 2.30. The molecule has 0 saturated carbocycles. The van der Waals surface area contributed by atoms with Gasteiger partial charge in [0.05, 0.1) is 5.52 Å². The van der Waals surface area contributed by atoms with Crippen molar-refractivity contribution in [3.05, 3.63) is 33.3 Å². The smallest absolute Gasteiger partial charge is 0.129 e. The fraction of sp³-hybridized carbons (Fsp3) is 0.357. The highest BCUT2D eigenvalue weighted by molar-refractivity contribution is 9.10. The quantitative estimate of drug-likeness (QED) is 0.896. The summed E-state index contributed by atoms with van der Waals surface area (Å²) >= 11 is 3.64. The van der Waals surface area contributed by atoms with Crippen molar-refractivity contribution in [1.82, 2.24) is 4.98 Å². The molecular formula is C14H17BrN2. The summed E-state index contributed by atoms with van der Waals surface area (Å²) in [7, 11) is 1.92. The van der Waals surface area contributed by atoms with Gasteiger partial charge in [0.15, 0.2) is 0 Å². The van der Waals surface area contributed by atoms with Crippen LogP contribution in [0.15, 0.2) is 16.6 Å². The maximum Gasteiger partial charge on any atom is 0.129 e. The summed E-state index contributed by atoms with van der Waals surface area (Å²) in [4.78, 5) is 4.70. The molecule has 2 aromatic rings. The molecule has 0 spiro atoms. The highest BCUT2D eigenvalue weighted by Gasteiger charge is 2.09. The van der Waals surface area contributed by atoms with Crippen molar-refractivity contribution in [2.75, 3.05) is 12.4 Å². The fourth-order valence-electron chi connectivity index (χ4n) is 2.15. The second kappa shape index (κ2) is 4.65. The van der Waals surface area contributed by atoms with Gasteiger partial charge in [0.25, 0.3) is 0 Å². The highest BCUT2D eigenvalue weighted by atomic mass is 79.9. The van der Waals surface area contributed by atoms with E-state index in [0.717, 1.165) is 17.8 Å². The van der Waals surface area contributed by atoms with Gasteiger partial charge < -0.3 is 5.32 Å². The van der Waals surface area contributed by atoms with Crippen LogP contribution in [0.1, 0.15) is 23.6 Å². The van der Waals surface area contributed by atoms with Crippen LogP contribution in [0.25, 0.3) is 10.9 Å². The fourth-order valence-corrected chi connectivity index (χ4v) is 2.48. The van der Waals surface area contributed by atoms with Crippen LogP contribution in [0.4, 0.5) is 5.82 Å². The average Bonchev–Trinajstić information content (AvgIpc) is 2.34. The number of halogens is 1. The third-order valence-electron chi connectivity index (χ3n) is 3.18. The molecule has 90 valence electrons. The number of fused-ring (bicyclic) bond motifs is 1. The van der Waals surface area contributed by atoms with Gasteiger partial charge in [-0.25, -0.2) is 4.98 Å². The Morgan fingerprint density at radius 1 is 1.29 bits per heavy atom. The molecule has 0 fully saturated rings. The van der Waals surface area contributed by atoms with Gasteiger partial charge in [-0.05, 0) is 49.1 Å². The molecule has 1 heterocycles. The second-order valence-electron chi connectivity index (χ2n) is 4.30. The lowest BCUT2D eigenvalue weighted by Crippen LogP contribution is -1.99. The maximum atomic E-state index is 4.70. The van der Waals surface area contributed by atoms with E-state index in [1.807, 2.05) is 7.05 Å². The van der Waals surface area contributed by atoms with Crippen molar-refractivity contribution >= 4 is 32.7 Å². The number of aryl methyl sites for hydroxylation is 3. The molecule has 3 heteroatoms. The average molecular weight is 293 g/mol. The summed E-state index contributed by atoms with van der Waals surface area (Å²) < 4.78 is 1.19. The lowest BCUT2D eigenvalue weighted by Gasteiger charge is -2.12. The molecular weight excluding hydrogens is 276 g/mol. The molecule has 1 aromatic heterocycles. The molecule has 0 unspecified atom stereocenters. The molecule has 17 heavy (non-hydrogen) atoms. The molecule has 0 aliphatic carbocycles. The van der Waals surface area contributed by atoms with E-state index in [0.29, 0.717) is 0 Å². The largest absolute Gasteiger partial charge is 0.373 e. The maximum absolute atomic E-state index is 4.70. The van der Waals surface area contributed by atoms with E-state index in [1.54, 1.807) is 0 Å². The Balaban J connectivity index is 2.83. The number of hydrogen-bond donors (Lipinski definition) is 1. The van der Waals surface area contributed by atoms with Crippen LogP contribution < -0.4 is 5.32 Å². The Hall–Kier alpha value is -1.09. The Labute approximate surface area is 111 Å². The van der Waals surface area contributed by atoms with Gasteiger partial charge in [-0.1, -0.05) is 22.9 Å². The first-order chi connectivity index (χ1) is 8.08. The summed E-state index contributed by atoms with van der Waals surface area (Å²) in [6.45, 7) is 6.40. The van der Waals surface area contributed by atoms with Gasteiger partial charge in [-0.15, -0.1) is 0 Å². The molecule has 0 aliphatic heterocycles. The lowest BCUT2D eigenvalue weighted by molar-refractivity contribution is 1.11. The standard InChI is InChI=1S/C14H17BrN2/c1-5-10-7-11-9(3)13(15)8(2)6-12(11)17-14(10)16-4/h6-7H,5H2,1-4H3,(H,16,17). The molecule has 0 bridgehead atoms. The number of anilines is 1. The molecule has 0 amide bonds. The molecule has 0 radical (unpaired) electrons. The first-order valence-corrected chi connectivity index (χ1v) is 6.64. The zero-order chi connectivity index (χ0) is 12.6. The number of pyridine rings is 1. The zero-order valence-electron chi connectivity index (χ0n) is 10.7. The first-order valence-electron chi connectivity index (χ1n) is 5.85. The first kappa shape index (κ1) is 12.4. The minimum atomic E-state index is 0.987. The number of hydrogen-bond acceptors (Lipinski definition) is 2. The SMILES string of the molecule is CCc1cc2c(C)c(Br)c(C)cc2nc1NC. The van der Waals surface area contributed by atoms with E-state index in [1.165, 1.54) is 26.5 Å². The van der Waals surface area contributed by atoms with Crippen molar-refractivity contribution in [3.63, 3.8) is 0 Å². The van der Waals surface area contributed by atoms with Crippen LogP contribution in [-0.4, -0.2) is 12.0 Å². The van der Waals surface area contributed by atoms with E-state index < -0.39 is 0 Å². The normalized spacial score (nSPS) is 10.9. The van der Waals surface area contributed by atoms with Gasteiger partial charge in [-0.2, -0.15) is 0 Å². The van der Waals surface area contributed by atoms with Crippen molar-refractivity contribution in [2.24, 2.45) is 0 Å². The van der Waals surface area contributed by atoms with Crippen LogP contribution in [0.3, 0.4) is 0 Å². The van der Waals surface area contributed by atoms with Gasteiger partial charge >= 0.3 is 0 Å². The zero-order valence-corrected chi connectivity index (χ0v) is 12.3. The van der Waals surface area contributed by atoms with Crippen LogP contribution >= 0.6 is 15.9 Å². The van der Waals surface area contributed by atoms with Crippen molar-refractivity contribution < 1.29 is 0 Å². The minimum absolute atomic E-state index is 0.987. The molecule has 0 aliphatic rings. The molecule has 1 N–H and O–H groups in total. The Bertz CT molecular complexity index is 576. The van der Waals surface area contributed by atoms with Crippen LogP contribution in [0.5, 0.6) is 0 Å². The summed E-state index contributed by atoms with van der Waals surface area (Å²) in [5.74, 6) is 0.987. The summed E-state index contributed by atoms with van der Waals surface area (Å²) in [5.41, 5.74) is 4.82. The monoisotopic (exact) mass is 292 g/mol. The van der Waals surface area contributed by atoms with E-state index in [-0.39, 0.29) is 0 Å². The number of nitrogens with one attached hydrogen (secondary N) is 1. The molecule has 2 rings (SSSR count). The van der Waals surface area contributed by atoms with Crippen LogP contribution in [-0.2, 0) is 6.42 Å². The minimum Gasteiger partial charge on any atom is -0.373 e. The van der Waals surface area contributed by atoms with Crippen LogP contribution in [0.2, 0.25) is 0 Å². The van der Waals surface area contributed by atoms with Gasteiger partial charge in [0.1, 0.15) is 5.82 Å². The molecule has 0 atom stereocenters. The van der Waals surface area contributed by atoms with E-state index >= 15 is 0 Å². The number of rotatable bonds is 2. The van der Waals surface area contributed by atoms with E-state index in [9.17, 15) is 0 Å². The third-order valence-corrected chi connectivity index (χ3v) is 4.40. The Kier molecular flexibility index (Phi) is 3.38. The predicted octanol–water partition coefficient (Wildman–Crippen LogP) is 4.22. The van der Waals surface area contributed by atoms with Crippen molar-refractivity contribution in [3.8, 4) is 0 Å². The Morgan fingerprint density at radius 2 is 2.00 bits per heavy atom. The number of benzene rings is 1. The van der Waals surface area contributed by atoms with Crippen molar-refractivity contribution in [2.45, 2.75) is 27.2 Å². The van der Waals surface area contributed by atoms with Gasteiger partial charge in [0, 0.05) is 16.9 Å². The Morgan fingerprint density at radius 3 is 2.59 bits per heavy atom. The number of nitrogens with zero attached hydrogens (tertiary/aromatic N) is 1. The number of aromatic nitrogens is 1. The van der Waals surface area contributed by atoms with E-state index in [4.69, 9.17) is 4.98 Å². The molecule has 2 nitrogen and oxygen atoms in total. The lowest BCUT2D eigenvalue weighted by atomic mass is 10.0. The third kappa shape index (κ3) is 2.04. The summed E-state index contributed by atoms with van der Waals surface area (Å²) in [6.07, 6.45) is 0.990. The molecule has 0 saturated heterocycles. The predicted molar refractivity (Wildman–Crippen MR) is 77.8 cm³/mol. The topological polar surface area (TPSA) is 24.9 Å². The van der Waals surface area contributed by atoms with E-state index in [2.05, 4.69) is 54.2 Å². The summed E-state index contributed by atoms with van der Waals surface area (Å²) in [5, 5.41) is 4.40. The second-order valence-corrected chi connectivity index (χ2v) is 5.09. The molecule has 1 aromatic carbocycles. The van der Waals surface area contributed by atoms with Gasteiger partial charge in [0.2, 0.25) is 0 Å². The van der Waals surface area contributed by atoms with Gasteiger partial charge in [-0.3, -0.25) is 0 Å². The summed E-state index contributed by atoms with van der Waals surface area (Å²) in [6, 6.07) is 4.38.